The van der Waals surface area contributed by atoms with Gasteiger partial charge in [0.05, 0.1) is 17.4 Å². The zero-order valence-electron chi connectivity index (χ0n) is 18.6. The van der Waals surface area contributed by atoms with Crippen molar-refractivity contribution in [2.75, 3.05) is 10.2 Å². The molecule has 3 aromatic carbocycles. The molecule has 1 amide bonds. The van der Waals surface area contributed by atoms with Gasteiger partial charge in [0.25, 0.3) is 5.91 Å². The second kappa shape index (κ2) is 8.20. The highest BCUT2D eigenvalue weighted by molar-refractivity contribution is 6.30. The first-order chi connectivity index (χ1) is 15.8. The van der Waals surface area contributed by atoms with E-state index in [-0.39, 0.29) is 17.1 Å². The van der Waals surface area contributed by atoms with Crippen molar-refractivity contribution in [1.29, 1.82) is 0 Å². The van der Waals surface area contributed by atoms with Crippen molar-refractivity contribution < 1.29 is 9.59 Å². The Labute approximate surface area is 198 Å². The normalized spacial score (nSPS) is 19.3. The van der Waals surface area contributed by atoms with E-state index in [1.165, 1.54) is 0 Å². The Hall–Kier alpha value is -3.37. The number of hydrogen-bond donors (Lipinski definition) is 1. The number of allylic oxidation sites excluding steroid dienone is 1. The second-order valence-electron chi connectivity index (χ2n) is 9.47. The number of fused-ring (bicyclic) bond motifs is 1. The SMILES string of the molecule is CC1(C)CC(=O)C2=C(C1)Nc1ccccc1N(C(=O)c1ccccc1)[C@@H]2c1ccc(Cl)cc1. The summed E-state index contributed by atoms with van der Waals surface area (Å²) in [6.45, 7) is 4.22. The Morgan fingerprint density at radius 3 is 2.33 bits per heavy atom. The van der Waals surface area contributed by atoms with Crippen molar-refractivity contribution in [1.82, 2.24) is 0 Å². The van der Waals surface area contributed by atoms with Crippen LogP contribution >= 0.6 is 11.6 Å². The van der Waals surface area contributed by atoms with Gasteiger partial charge >= 0.3 is 0 Å². The Morgan fingerprint density at radius 1 is 0.939 bits per heavy atom. The predicted molar refractivity (Wildman–Crippen MR) is 133 cm³/mol. The molecule has 1 aliphatic heterocycles. The van der Waals surface area contributed by atoms with Gasteiger partial charge in [0.1, 0.15) is 0 Å². The lowest BCUT2D eigenvalue weighted by atomic mass is 9.73. The molecule has 4 nitrogen and oxygen atoms in total. The third kappa shape index (κ3) is 3.96. The van der Waals surface area contributed by atoms with Gasteiger partial charge < -0.3 is 5.32 Å². The van der Waals surface area contributed by atoms with E-state index in [9.17, 15) is 9.59 Å². The van der Waals surface area contributed by atoms with Gasteiger partial charge in [0.2, 0.25) is 0 Å². The van der Waals surface area contributed by atoms with E-state index in [1.807, 2.05) is 78.9 Å². The Morgan fingerprint density at radius 2 is 1.61 bits per heavy atom. The minimum Gasteiger partial charge on any atom is -0.357 e. The van der Waals surface area contributed by atoms with Crippen molar-refractivity contribution in [2.24, 2.45) is 5.41 Å². The number of Topliss-reactive ketones (excluding diaryl/α,β-unsaturated/α-hetero) is 1. The maximum Gasteiger partial charge on any atom is 0.259 e. The summed E-state index contributed by atoms with van der Waals surface area (Å²) in [6.07, 6.45) is 1.15. The Balaban J connectivity index is 1.79. The largest absolute Gasteiger partial charge is 0.357 e. The van der Waals surface area contributed by atoms with Crippen LogP contribution in [-0.2, 0) is 4.79 Å². The molecule has 33 heavy (non-hydrogen) atoms. The molecule has 0 unspecified atom stereocenters. The van der Waals surface area contributed by atoms with Crippen LogP contribution in [0.2, 0.25) is 5.02 Å². The van der Waals surface area contributed by atoms with Gasteiger partial charge in [-0.3, -0.25) is 14.5 Å². The molecule has 0 aromatic heterocycles. The number of rotatable bonds is 2. The van der Waals surface area contributed by atoms with Crippen LogP contribution < -0.4 is 10.2 Å². The van der Waals surface area contributed by atoms with Gasteiger partial charge in [0.15, 0.2) is 5.78 Å². The number of halogens is 1. The van der Waals surface area contributed by atoms with E-state index in [0.717, 1.165) is 29.1 Å². The number of para-hydroxylation sites is 2. The van der Waals surface area contributed by atoms with Crippen LogP contribution in [0.1, 0.15) is 48.7 Å². The topological polar surface area (TPSA) is 49.4 Å². The van der Waals surface area contributed by atoms with Gasteiger partial charge in [0, 0.05) is 28.3 Å². The third-order valence-electron chi connectivity index (χ3n) is 6.33. The lowest BCUT2D eigenvalue weighted by Gasteiger charge is -2.37. The second-order valence-corrected chi connectivity index (χ2v) is 9.91. The summed E-state index contributed by atoms with van der Waals surface area (Å²) in [7, 11) is 0. The van der Waals surface area contributed by atoms with Crippen LogP contribution in [-0.4, -0.2) is 11.7 Å². The number of amides is 1. The fourth-order valence-corrected chi connectivity index (χ4v) is 5.02. The maximum atomic E-state index is 14.0. The van der Waals surface area contributed by atoms with Crippen molar-refractivity contribution in [3.8, 4) is 0 Å². The van der Waals surface area contributed by atoms with E-state index < -0.39 is 6.04 Å². The average Bonchev–Trinajstić information content (AvgIpc) is 2.93. The number of anilines is 2. The summed E-state index contributed by atoms with van der Waals surface area (Å²) < 4.78 is 0. The van der Waals surface area contributed by atoms with Crippen LogP contribution in [0.4, 0.5) is 11.4 Å². The quantitative estimate of drug-likeness (QED) is 0.461. The molecule has 0 radical (unpaired) electrons. The molecule has 1 atom stereocenters. The Bertz CT molecular complexity index is 1260. The van der Waals surface area contributed by atoms with Crippen molar-refractivity contribution >= 4 is 34.7 Å². The van der Waals surface area contributed by atoms with Gasteiger partial charge in [-0.05, 0) is 53.8 Å². The van der Waals surface area contributed by atoms with E-state index in [0.29, 0.717) is 22.6 Å². The van der Waals surface area contributed by atoms with E-state index in [2.05, 4.69) is 19.2 Å². The van der Waals surface area contributed by atoms with E-state index in [4.69, 9.17) is 11.6 Å². The lowest BCUT2D eigenvalue weighted by Crippen LogP contribution is -2.39. The number of benzene rings is 3. The molecule has 5 rings (SSSR count). The van der Waals surface area contributed by atoms with Gasteiger partial charge in [-0.25, -0.2) is 0 Å². The van der Waals surface area contributed by atoms with Gasteiger partial charge in [-0.15, -0.1) is 0 Å². The molecule has 0 spiro atoms. The standard InChI is InChI=1S/C28H25ClN2O2/c1-28(2)16-22-25(24(32)17-28)26(18-12-14-20(29)15-13-18)31(23-11-7-6-10-21(23)30-22)27(33)19-8-4-3-5-9-19/h3-15,26,30H,16-17H2,1-2H3/t26-/m1/s1. The fourth-order valence-electron chi connectivity index (χ4n) is 4.89. The fraction of sp³-hybridized carbons (Fsp3) is 0.214. The molecular formula is C28H25ClN2O2. The monoisotopic (exact) mass is 456 g/mol. The van der Waals surface area contributed by atoms with Crippen molar-refractivity contribution in [3.05, 3.63) is 106 Å². The number of hydrogen-bond acceptors (Lipinski definition) is 3. The lowest BCUT2D eigenvalue weighted by molar-refractivity contribution is -0.118. The maximum absolute atomic E-state index is 14.0. The van der Waals surface area contributed by atoms with Crippen molar-refractivity contribution in [3.63, 3.8) is 0 Å². The molecular weight excluding hydrogens is 432 g/mol. The highest BCUT2D eigenvalue weighted by atomic mass is 35.5. The first-order valence-corrected chi connectivity index (χ1v) is 11.5. The number of carbonyl (C=O) groups excluding carboxylic acids is 2. The summed E-state index contributed by atoms with van der Waals surface area (Å²) in [6, 6.07) is 23.8. The molecule has 1 heterocycles. The first kappa shape index (κ1) is 21.5. The molecule has 1 N–H and O–H groups in total. The van der Waals surface area contributed by atoms with Gasteiger partial charge in [-0.1, -0.05) is 67.9 Å². The molecule has 5 heteroatoms. The molecule has 0 saturated carbocycles. The van der Waals surface area contributed by atoms with Crippen LogP contribution in [0, 0.1) is 5.41 Å². The third-order valence-corrected chi connectivity index (χ3v) is 6.58. The predicted octanol–water partition coefficient (Wildman–Crippen LogP) is 6.80. The van der Waals surface area contributed by atoms with E-state index >= 15 is 0 Å². The van der Waals surface area contributed by atoms with Crippen LogP contribution in [0.25, 0.3) is 0 Å². The minimum atomic E-state index is -0.565. The summed E-state index contributed by atoms with van der Waals surface area (Å²) in [5, 5.41) is 4.14. The van der Waals surface area contributed by atoms with Gasteiger partial charge in [-0.2, -0.15) is 0 Å². The first-order valence-electron chi connectivity index (χ1n) is 11.1. The zero-order valence-corrected chi connectivity index (χ0v) is 19.4. The van der Waals surface area contributed by atoms with Crippen LogP contribution in [0.15, 0.2) is 90.1 Å². The smallest absolute Gasteiger partial charge is 0.259 e. The highest BCUT2D eigenvalue weighted by Gasteiger charge is 2.43. The molecule has 1 aliphatic carbocycles. The Kier molecular flexibility index (Phi) is 5.34. The average molecular weight is 457 g/mol. The van der Waals surface area contributed by atoms with Crippen LogP contribution in [0.3, 0.4) is 0 Å². The molecule has 2 aliphatic rings. The van der Waals surface area contributed by atoms with Crippen molar-refractivity contribution in [2.45, 2.75) is 32.7 Å². The summed E-state index contributed by atoms with van der Waals surface area (Å²) in [5.41, 5.74) is 4.34. The molecule has 3 aromatic rings. The van der Waals surface area contributed by atoms with Crippen LogP contribution in [0.5, 0.6) is 0 Å². The number of nitrogens with one attached hydrogen (secondary N) is 1. The summed E-state index contributed by atoms with van der Waals surface area (Å²) in [4.78, 5) is 29.4. The molecule has 0 saturated heterocycles. The zero-order chi connectivity index (χ0) is 23.2. The number of ketones is 1. The number of carbonyl (C=O) groups is 2. The molecule has 166 valence electrons. The summed E-state index contributed by atoms with van der Waals surface area (Å²) in [5.74, 6) is -0.0939. The molecule has 0 bridgehead atoms. The summed E-state index contributed by atoms with van der Waals surface area (Å²) >= 11 is 6.19. The number of nitrogens with zero attached hydrogens (tertiary/aromatic N) is 1. The minimum absolute atomic E-state index is 0.0624. The van der Waals surface area contributed by atoms with E-state index in [1.54, 1.807) is 4.90 Å². The molecule has 0 fully saturated rings. The highest BCUT2D eigenvalue weighted by Crippen LogP contribution is 2.48.